The maximum atomic E-state index is 5.81. The number of nitrogens with zero attached hydrogens (tertiary/aromatic N) is 4. The first kappa shape index (κ1) is 22.2. The highest BCUT2D eigenvalue weighted by Gasteiger charge is 2.23. The summed E-state index contributed by atoms with van der Waals surface area (Å²) >= 11 is 0. The molecule has 2 atom stereocenters. The van der Waals surface area contributed by atoms with Gasteiger partial charge in [-0.05, 0) is 44.2 Å². The van der Waals surface area contributed by atoms with Gasteiger partial charge in [0.05, 0.1) is 12.2 Å². The number of nitrogens with one attached hydrogen (secondary N) is 1. The molecule has 3 heterocycles. The van der Waals surface area contributed by atoms with E-state index in [0.29, 0.717) is 0 Å². The van der Waals surface area contributed by atoms with Crippen molar-refractivity contribution in [1.29, 1.82) is 0 Å². The summed E-state index contributed by atoms with van der Waals surface area (Å²) in [6.07, 6.45) is 4.95. The Morgan fingerprint density at radius 2 is 1.85 bits per heavy atom. The van der Waals surface area contributed by atoms with Crippen LogP contribution in [0.25, 0.3) is 0 Å². The SMILES string of the molecule is CN=C(NCc1ccc(N2CC(C)OC(C)C2)nc1)N1CCC(C)CC1.I. The van der Waals surface area contributed by atoms with E-state index in [0.717, 1.165) is 50.4 Å². The summed E-state index contributed by atoms with van der Waals surface area (Å²) in [5, 5.41) is 3.49. The van der Waals surface area contributed by atoms with Crippen LogP contribution in [0.4, 0.5) is 5.82 Å². The molecule has 0 saturated carbocycles. The van der Waals surface area contributed by atoms with Crippen molar-refractivity contribution >= 4 is 35.8 Å². The molecule has 1 N–H and O–H groups in total. The number of ether oxygens (including phenoxy) is 1. The van der Waals surface area contributed by atoms with Crippen molar-refractivity contribution < 1.29 is 4.74 Å². The molecule has 6 nitrogen and oxygen atoms in total. The van der Waals surface area contributed by atoms with Crippen LogP contribution in [0.3, 0.4) is 0 Å². The number of hydrogen-bond acceptors (Lipinski definition) is 4. The number of rotatable bonds is 3. The summed E-state index contributed by atoms with van der Waals surface area (Å²) in [7, 11) is 1.86. The van der Waals surface area contributed by atoms with Gasteiger partial charge in [-0.15, -0.1) is 24.0 Å². The summed E-state index contributed by atoms with van der Waals surface area (Å²) in [4.78, 5) is 13.8. The molecule has 0 radical (unpaired) electrons. The molecule has 2 aliphatic heterocycles. The van der Waals surface area contributed by atoms with Crippen molar-refractivity contribution in [1.82, 2.24) is 15.2 Å². The zero-order valence-corrected chi connectivity index (χ0v) is 19.3. The lowest BCUT2D eigenvalue weighted by atomic mass is 10.00. The Morgan fingerprint density at radius 1 is 1.19 bits per heavy atom. The van der Waals surface area contributed by atoms with Crippen LogP contribution in [0.15, 0.2) is 23.3 Å². The van der Waals surface area contributed by atoms with Gasteiger partial charge in [-0.2, -0.15) is 0 Å². The Bertz CT molecular complexity index is 591. The first-order valence-corrected chi connectivity index (χ1v) is 9.86. The second-order valence-electron chi connectivity index (χ2n) is 7.76. The maximum absolute atomic E-state index is 5.81. The van der Waals surface area contributed by atoms with Gasteiger partial charge in [0, 0.05) is 46.0 Å². The predicted octanol–water partition coefficient (Wildman–Crippen LogP) is 3.12. The molecular formula is C20H34IN5O. The minimum atomic E-state index is 0. The van der Waals surface area contributed by atoms with Crippen molar-refractivity contribution in [2.75, 3.05) is 38.1 Å². The van der Waals surface area contributed by atoms with E-state index in [2.05, 4.69) is 58.0 Å². The van der Waals surface area contributed by atoms with E-state index in [-0.39, 0.29) is 36.2 Å². The molecule has 27 heavy (non-hydrogen) atoms. The molecule has 2 fully saturated rings. The van der Waals surface area contributed by atoms with Crippen molar-refractivity contribution in [2.24, 2.45) is 10.9 Å². The standard InChI is InChI=1S/C20H33N5O.HI/c1-15-7-9-24(10-8-15)20(21-4)23-12-18-5-6-19(22-11-18)25-13-16(2)26-17(3)14-25;/h5-6,11,15-17H,7-10,12-14H2,1-4H3,(H,21,23);1H. The lowest BCUT2D eigenvalue weighted by molar-refractivity contribution is -0.00545. The van der Waals surface area contributed by atoms with E-state index in [1.165, 1.54) is 18.4 Å². The smallest absolute Gasteiger partial charge is 0.193 e. The lowest BCUT2D eigenvalue weighted by Crippen LogP contribution is -2.46. The van der Waals surface area contributed by atoms with E-state index in [1.54, 1.807) is 0 Å². The van der Waals surface area contributed by atoms with Gasteiger partial charge < -0.3 is 19.9 Å². The molecule has 152 valence electrons. The van der Waals surface area contributed by atoms with Crippen molar-refractivity contribution in [3.63, 3.8) is 0 Å². The highest BCUT2D eigenvalue weighted by atomic mass is 127. The monoisotopic (exact) mass is 487 g/mol. The van der Waals surface area contributed by atoms with Gasteiger partial charge >= 0.3 is 0 Å². The van der Waals surface area contributed by atoms with Gasteiger partial charge in [0.25, 0.3) is 0 Å². The summed E-state index contributed by atoms with van der Waals surface area (Å²) < 4.78 is 5.81. The zero-order valence-electron chi connectivity index (χ0n) is 17.0. The third kappa shape index (κ3) is 6.20. The highest BCUT2D eigenvalue weighted by Crippen LogP contribution is 2.19. The number of aliphatic imine (C=N–C) groups is 1. The van der Waals surface area contributed by atoms with Crippen LogP contribution in [0, 0.1) is 5.92 Å². The first-order chi connectivity index (χ1) is 12.5. The molecule has 3 rings (SSSR count). The minimum absolute atomic E-state index is 0. The summed E-state index contributed by atoms with van der Waals surface area (Å²) in [6.45, 7) is 11.3. The highest BCUT2D eigenvalue weighted by molar-refractivity contribution is 14.0. The largest absolute Gasteiger partial charge is 0.372 e. The Kier molecular flexibility index (Phi) is 8.60. The third-order valence-electron chi connectivity index (χ3n) is 5.30. The number of pyridine rings is 1. The molecule has 2 saturated heterocycles. The van der Waals surface area contributed by atoms with Crippen LogP contribution in [0.5, 0.6) is 0 Å². The van der Waals surface area contributed by atoms with Crippen LogP contribution >= 0.6 is 24.0 Å². The average molecular weight is 487 g/mol. The van der Waals surface area contributed by atoms with E-state index < -0.39 is 0 Å². The van der Waals surface area contributed by atoms with Crippen molar-refractivity contribution in [3.05, 3.63) is 23.9 Å². The molecule has 0 aliphatic carbocycles. The number of piperidine rings is 1. The maximum Gasteiger partial charge on any atom is 0.193 e. The molecule has 0 amide bonds. The van der Waals surface area contributed by atoms with Crippen LogP contribution in [0.2, 0.25) is 0 Å². The van der Waals surface area contributed by atoms with Gasteiger partial charge in [-0.25, -0.2) is 4.98 Å². The van der Waals surface area contributed by atoms with Gasteiger partial charge in [0.2, 0.25) is 0 Å². The normalized spacial score (nSPS) is 24.5. The predicted molar refractivity (Wildman–Crippen MR) is 122 cm³/mol. The first-order valence-electron chi connectivity index (χ1n) is 9.86. The van der Waals surface area contributed by atoms with Crippen LogP contribution in [0.1, 0.15) is 39.2 Å². The Hall–Kier alpha value is -1.09. The van der Waals surface area contributed by atoms with Gasteiger partial charge in [-0.1, -0.05) is 13.0 Å². The molecular weight excluding hydrogens is 453 g/mol. The summed E-state index contributed by atoms with van der Waals surface area (Å²) in [6, 6.07) is 4.28. The Labute approximate surface area is 180 Å². The molecule has 0 bridgehead atoms. The second-order valence-corrected chi connectivity index (χ2v) is 7.76. The van der Waals surface area contributed by atoms with E-state index >= 15 is 0 Å². The van der Waals surface area contributed by atoms with Crippen LogP contribution < -0.4 is 10.2 Å². The minimum Gasteiger partial charge on any atom is -0.372 e. The molecule has 0 aromatic carbocycles. The summed E-state index contributed by atoms with van der Waals surface area (Å²) in [5.41, 5.74) is 1.18. The zero-order chi connectivity index (χ0) is 18.5. The molecule has 7 heteroatoms. The summed E-state index contributed by atoms with van der Waals surface area (Å²) in [5.74, 6) is 2.86. The van der Waals surface area contributed by atoms with Crippen molar-refractivity contribution in [2.45, 2.75) is 52.4 Å². The Balaban J connectivity index is 0.00000261. The number of anilines is 1. The van der Waals surface area contributed by atoms with E-state index in [1.807, 2.05) is 13.2 Å². The number of guanidine groups is 1. The fourth-order valence-electron chi connectivity index (χ4n) is 3.81. The lowest BCUT2D eigenvalue weighted by Gasteiger charge is -2.36. The molecule has 0 spiro atoms. The van der Waals surface area contributed by atoms with E-state index in [4.69, 9.17) is 4.74 Å². The topological polar surface area (TPSA) is 53.0 Å². The number of halogens is 1. The second kappa shape index (κ2) is 10.5. The Morgan fingerprint density at radius 3 is 2.41 bits per heavy atom. The number of likely N-dealkylation sites (tertiary alicyclic amines) is 1. The van der Waals surface area contributed by atoms with Gasteiger partial charge in [0.1, 0.15) is 5.82 Å². The van der Waals surface area contributed by atoms with Crippen LogP contribution in [-0.2, 0) is 11.3 Å². The molecule has 2 unspecified atom stereocenters. The van der Waals surface area contributed by atoms with Gasteiger partial charge in [-0.3, -0.25) is 4.99 Å². The van der Waals surface area contributed by atoms with Gasteiger partial charge in [0.15, 0.2) is 5.96 Å². The molecule has 2 aliphatic rings. The van der Waals surface area contributed by atoms with Crippen LogP contribution in [-0.4, -0.2) is 61.3 Å². The van der Waals surface area contributed by atoms with E-state index in [9.17, 15) is 0 Å². The number of aromatic nitrogens is 1. The fraction of sp³-hybridized carbons (Fsp3) is 0.700. The number of hydrogen-bond donors (Lipinski definition) is 1. The van der Waals surface area contributed by atoms with Crippen molar-refractivity contribution in [3.8, 4) is 0 Å². The molecule has 1 aromatic heterocycles. The molecule has 1 aromatic rings. The fourth-order valence-corrected chi connectivity index (χ4v) is 3.81. The quantitative estimate of drug-likeness (QED) is 0.404. The number of morpholine rings is 1. The average Bonchev–Trinajstić information content (AvgIpc) is 2.63. The third-order valence-corrected chi connectivity index (χ3v) is 5.30.